The first-order chi connectivity index (χ1) is 25.0. The van der Waals surface area contributed by atoms with E-state index in [9.17, 15) is 0 Å². The standard InChI is InChI=1S/12C3H8.8C2H6/c12*1-3-2;8*1-2/h12*3H2,1-2H3;8*1-2H3. The van der Waals surface area contributed by atoms with Crippen LogP contribution in [0.4, 0.5) is 0 Å². The van der Waals surface area contributed by atoms with Gasteiger partial charge in [-0.15, -0.1) is 0 Å². The van der Waals surface area contributed by atoms with E-state index in [0.29, 0.717) is 0 Å². The van der Waals surface area contributed by atoms with Crippen LogP contribution < -0.4 is 0 Å². The summed E-state index contributed by atoms with van der Waals surface area (Å²) in [6.45, 7) is 83.0. The van der Waals surface area contributed by atoms with Crippen LogP contribution >= 0.6 is 0 Å². The molecule has 0 aromatic heterocycles. The summed E-state index contributed by atoms with van der Waals surface area (Å²) in [6.07, 6.45) is 15.0. The molecule has 0 spiro atoms. The molecule has 0 aliphatic carbocycles. The van der Waals surface area contributed by atoms with Gasteiger partial charge < -0.3 is 0 Å². The summed E-state index contributed by atoms with van der Waals surface area (Å²) in [6, 6.07) is 0. The molecule has 0 heterocycles. The molecular formula is C52H144. The Hall–Kier alpha value is 0. The van der Waals surface area contributed by atoms with Crippen molar-refractivity contribution in [2.75, 3.05) is 0 Å². The third kappa shape index (κ3) is 0. The van der Waals surface area contributed by atoms with E-state index < -0.39 is 0 Å². The van der Waals surface area contributed by atoms with Crippen molar-refractivity contribution in [1.82, 2.24) is 0 Å². The summed E-state index contributed by atoms with van der Waals surface area (Å²) >= 11 is 0. The van der Waals surface area contributed by atoms with Crippen molar-refractivity contribution in [3.8, 4) is 0 Å². The zero-order valence-electron chi connectivity index (χ0n) is 48.5. The molecule has 0 unspecified atom stereocenters. The lowest BCUT2D eigenvalue weighted by atomic mass is 10.6. The van der Waals surface area contributed by atoms with Gasteiger partial charge >= 0.3 is 0 Å². The fourth-order valence-corrected chi connectivity index (χ4v) is 0. The minimum atomic E-state index is 1.25. The first-order valence-electron chi connectivity index (χ1n) is 25.0. The summed E-state index contributed by atoms with van der Waals surface area (Å²) in [5.74, 6) is 0. The first-order valence-corrected chi connectivity index (χ1v) is 25.0. The van der Waals surface area contributed by atoms with Crippen LogP contribution in [0.2, 0.25) is 0 Å². The topological polar surface area (TPSA) is 0 Å². The van der Waals surface area contributed by atoms with Crippen molar-refractivity contribution < 1.29 is 0 Å². The zero-order chi connectivity index (χ0) is 48.5. The maximum Gasteiger partial charge on any atom is -0.0590 e. The zero-order valence-corrected chi connectivity index (χ0v) is 48.5. The molecule has 0 saturated heterocycles. The fraction of sp³-hybridized carbons (Fsp3) is 1.00. The highest BCUT2D eigenvalue weighted by Gasteiger charge is 1.39. The molecule has 0 aliphatic rings. The molecule has 0 amide bonds. The Morgan fingerprint density at radius 2 is 0.0962 bits per heavy atom. The first kappa shape index (κ1) is 132. The molecule has 0 bridgehead atoms. The van der Waals surface area contributed by atoms with Crippen LogP contribution in [-0.4, -0.2) is 0 Å². The van der Waals surface area contributed by atoms with E-state index >= 15 is 0 Å². The minimum absolute atomic E-state index is 1.25. The summed E-state index contributed by atoms with van der Waals surface area (Å²) in [4.78, 5) is 0. The van der Waals surface area contributed by atoms with Gasteiger partial charge in [0.2, 0.25) is 0 Å². The van der Waals surface area contributed by atoms with Crippen molar-refractivity contribution in [3.05, 3.63) is 0 Å². The van der Waals surface area contributed by atoms with Crippen LogP contribution in [0.25, 0.3) is 0 Å². The van der Waals surface area contributed by atoms with E-state index in [1.54, 1.807) is 0 Å². The molecule has 0 nitrogen and oxygen atoms in total. The summed E-state index contributed by atoms with van der Waals surface area (Å²) < 4.78 is 0. The predicted octanol–water partition coefficient (Wildman–Crippen LogP) is 25.2. The van der Waals surface area contributed by atoms with Crippen LogP contribution in [0.5, 0.6) is 0 Å². The quantitative estimate of drug-likeness (QED) is 0.230. The summed E-state index contributed by atoms with van der Waals surface area (Å²) in [5.41, 5.74) is 0. The van der Waals surface area contributed by atoms with Crippen LogP contribution in [0.1, 0.15) is 354 Å². The van der Waals surface area contributed by atoms with Gasteiger partial charge in [0.15, 0.2) is 0 Å². The molecular weight excluding hydrogens is 625 g/mol. The Labute approximate surface area is 352 Å². The minimum Gasteiger partial charge on any atom is -0.0683 e. The second-order valence-corrected chi connectivity index (χ2v) is 8.49. The fourth-order valence-electron chi connectivity index (χ4n) is 0. The molecule has 0 N–H and O–H groups in total. The van der Waals surface area contributed by atoms with E-state index in [1.807, 2.05) is 111 Å². The van der Waals surface area contributed by atoms with E-state index in [0.717, 1.165) is 0 Å². The van der Waals surface area contributed by atoms with Crippen molar-refractivity contribution >= 4 is 0 Å². The molecule has 0 rings (SSSR count). The predicted molar refractivity (Wildman–Crippen MR) is 282 cm³/mol. The smallest absolute Gasteiger partial charge is 0.0590 e. The number of hydrogen-bond acceptors (Lipinski definition) is 0. The van der Waals surface area contributed by atoms with Crippen molar-refractivity contribution in [2.45, 2.75) is 354 Å². The van der Waals surface area contributed by atoms with Crippen molar-refractivity contribution in [2.24, 2.45) is 0 Å². The van der Waals surface area contributed by atoms with Gasteiger partial charge in [0.1, 0.15) is 0 Å². The highest BCUT2D eigenvalue weighted by atomic mass is 13.5. The Morgan fingerprint density at radius 3 is 0.0962 bits per heavy atom. The normalized spacial score (nSPS) is 5.08. The molecule has 0 aromatic carbocycles. The van der Waals surface area contributed by atoms with Gasteiger partial charge in [-0.25, -0.2) is 0 Å². The van der Waals surface area contributed by atoms with Gasteiger partial charge in [-0.3, -0.25) is 0 Å². The summed E-state index contributed by atoms with van der Waals surface area (Å²) in [7, 11) is 0. The third-order valence-electron chi connectivity index (χ3n) is 0. The van der Waals surface area contributed by atoms with Gasteiger partial charge in [0.25, 0.3) is 0 Å². The average Bonchev–Trinajstić information content (AvgIpc) is 3.16. The Morgan fingerprint density at radius 1 is 0.0962 bits per heavy atom. The Kier molecular flexibility index (Phi) is 2250. The van der Waals surface area contributed by atoms with Crippen LogP contribution in [0.15, 0.2) is 0 Å². The lowest BCUT2D eigenvalue weighted by Crippen LogP contribution is -1.27. The number of rotatable bonds is 0. The molecule has 0 radical (unpaired) electrons. The molecule has 0 saturated carbocycles. The summed E-state index contributed by atoms with van der Waals surface area (Å²) in [5, 5.41) is 0. The van der Waals surface area contributed by atoms with E-state index in [1.165, 1.54) is 77.0 Å². The monoisotopic (exact) mass is 769 g/mol. The SMILES string of the molecule is CC.CC.CC.CC.CC.CC.CC.CC.CCC.CCC.CCC.CCC.CCC.CCC.CCC.CCC.CCC.CCC.CCC.CCC. The van der Waals surface area contributed by atoms with Gasteiger partial charge in [0.05, 0.1) is 0 Å². The molecule has 352 valence electrons. The Bertz CT molecular complexity index is 43.0. The highest BCUT2D eigenvalue weighted by molar-refractivity contribution is 3.95. The van der Waals surface area contributed by atoms with E-state index in [-0.39, 0.29) is 0 Å². The largest absolute Gasteiger partial charge is 0.0683 e. The molecule has 0 atom stereocenters. The van der Waals surface area contributed by atoms with Gasteiger partial charge in [0, 0.05) is 0 Å². The average molecular weight is 770 g/mol. The molecule has 0 aromatic rings. The Balaban J connectivity index is -0.0000000116. The van der Waals surface area contributed by atoms with Crippen LogP contribution in [-0.2, 0) is 0 Å². The maximum absolute atomic E-state index is 2.12. The third-order valence-corrected chi connectivity index (χ3v) is 0. The van der Waals surface area contributed by atoms with Crippen LogP contribution in [0.3, 0.4) is 0 Å². The molecule has 0 aliphatic heterocycles. The van der Waals surface area contributed by atoms with Gasteiger partial charge in [-0.2, -0.15) is 0 Å². The van der Waals surface area contributed by atoms with Crippen molar-refractivity contribution in [1.29, 1.82) is 0 Å². The van der Waals surface area contributed by atoms with Crippen molar-refractivity contribution in [3.63, 3.8) is 0 Å². The van der Waals surface area contributed by atoms with Gasteiger partial charge in [-0.05, 0) is 0 Å². The number of hydrogen-bond donors (Lipinski definition) is 0. The second-order valence-electron chi connectivity index (χ2n) is 8.49. The molecule has 52 heavy (non-hydrogen) atoms. The van der Waals surface area contributed by atoms with Gasteiger partial charge in [-0.1, -0.05) is 354 Å². The highest BCUT2D eigenvalue weighted by Crippen LogP contribution is 1.59. The molecule has 0 fully saturated rings. The maximum atomic E-state index is 2.12. The van der Waals surface area contributed by atoms with E-state index in [2.05, 4.69) is 166 Å². The molecule has 0 heteroatoms. The van der Waals surface area contributed by atoms with Crippen LogP contribution in [0, 0.1) is 0 Å². The van der Waals surface area contributed by atoms with E-state index in [4.69, 9.17) is 0 Å². The lowest BCUT2D eigenvalue weighted by molar-refractivity contribution is 1.09. The second kappa shape index (κ2) is 885. The lowest BCUT2D eigenvalue weighted by Gasteiger charge is -1.48.